The lowest BCUT2D eigenvalue weighted by molar-refractivity contribution is -0.116. The van der Waals surface area contributed by atoms with Crippen LogP contribution in [-0.4, -0.2) is 22.0 Å². The van der Waals surface area contributed by atoms with E-state index in [4.69, 9.17) is 0 Å². The van der Waals surface area contributed by atoms with Gasteiger partial charge >= 0.3 is 0 Å². The molecular formula is C15H13N5O2S. The van der Waals surface area contributed by atoms with Crippen LogP contribution < -0.4 is 5.32 Å². The van der Waals surface area contributed by atoms with Gasteiger partial charge < -0.3 is 5.32 Å². The minimum absolute atomic E-state index is 0.117. The van der Waals surface area contributed by atoms with Crippen LogP contribution >= 0.6 is 11.3 Å². The number of anilines is 1. The van der Waals surface area contributed by atoms with E-state index in [-0.39, 0.29) is 18.2 Å². The number of nitrogens with zero attached hydrogens (tertiary/aromatic N) is 4. The van der Waals surface area contributed by atoms with Gasteiger partial charge in [-0.15, -0.1) is 15.3 Å². The van der Waals surface area contributed by atoms with Crippen molar-refractivity contribution in [2.75, 3.05) is 5.32 Å². The van der Waals surface area contributed by atoms with Crippen molar-refractivity contribution in [3.8, 4) is 0 Å². The number of fused-ring (bicyclic) bond motifs is 1. The van der Waals surface area contributed by atoms with Crippen LogP contribution in [0, 0.1) is 0 Å². The first-order chi connectivity index (χ1) is 11.2. The summed E-state index contributed by atoms with van der Waals surface area (Å²) in [6, 6.07) is 6.66. The molecule has 1 saturated carbocycles. The topological polar surface area (TPSA) is 96.7 Å². The fourth-order valence-corrected chi connectivity index (χ4v) is 3.43. The number of rotatable bonds is 4. The second-order valence-electron chi connectivity index (χ2n) is 5.60. The maximum atomic E-state index is 12.2. The summed E-state index contributed by atoms with van der Waals surface area (Å²) >= 11 is 1.42. The van der Waals surface area contributed by atoms with E-state index >= 15 is 0 Å². The molecule has 7 nitrogen and oxygen atoms in total. The lowest BCUT2D eigenvalue weighted by Crippen LogP contribution is -2.18. The highest BCUT2D eigenvalue weighted by Gasteiger charge is 2.28. The van der Waals surface area contributed by atoms with Gasteiger partial charge in [-0.2, -0.15) is 5.11 Å². The van der Waals surface area contributed by atoms with Crippen LogP contribution in [0.1, 0.15) is 52.2 Å². The van der Waals surface area contributed by atoms with Crippen molar-refractivity contribution < 1.29 is 9.59 Å². The largest absolute Gasteiger partial charge is 0.300 e. The van der Waals surface area contributed by atoms with Gasteiger partial charge in [-0.3, -0.25) is 9.59 Å². The highest BCUT2D eigenvalue weighted by molar-refractivity contribution is 7.15. The van der Waals surface area contributed by atoms with E-state index in [9.17, 15) is 9.59 Å². The molecule has 0 radical (unpaired) electrons. The Bertz CT molecular complexity index is 812. The highest BCUT2D eigenvalue weighted by atomic mass is 32.1. The van der Waals surface area contributed by atoms with Crippen LogP contribution in [-0.2, 0) is 4.79 Å². The quantitative estimate of drug-likeness (QED) is 0.933. The molecule has 0 spiro atoms. The standard InChI is InChI=1S/C15H13N5O2S/c21-12(16-15-20-19-14(23-15)8-5-6-8)7-11-9-3-1-2-4-10(9)13(22)18-17-11/h1-4,8,11H,5-7H2,(H,16,20,21). The average molecular weight is 327 g/mol. The monoisotopic (exact) mass is 327 g/mol. The van der Waals surface area contributed by atoms with E-state index in [0.29, 0.717) is 16.6 Å². The third-order valence-electron chi connectivity index (χ3n) is 3.83. The van der Waals surface area contributed by atoms with Gasteiger partial charge in [0.15, 0.2) is 0 Å². The summed E-state index contributed by atoms with van der Waals surface area (Å²) in [6.45, 7) is 0. The van der Waals surface area contributed by atoms with E-state index in [1.165, 1.54) is 11.3 Å². The predicted octanol–water partition coefficient (Wildman–Crippen LogP) is 3.09. The Morgan fingerprint density at radius 3 is 2.91 bits per heavy atom. The number of azo groups is 1. The molecule has 1 aliphatic carbocycles. The molecule has 0 bridgehead atoms. The molecule has 1 aliphatic heterocycles. The summed E-state index contributed by atoms with van der Waals surface area (Å²) < 4.78 is 0. The molecule has 4 rings (SSSR count). The summed E-state index contributed by atoms with van der Waals surface area (Å²) in [5.74, 6) is -0.0600. The minimum Gasteiger partial charge on any atom is -0.300 e. The molecule has 1 aromatic heterocycles. The Labute approximate surface area is 135 Å². The molecule has 2 aliphatic rings. The molecule has 2 heterocycles. The summed E-state index contributed by atoms with van der Waals surface area (Å²) in [7, 11) is 0. The number of hydrogen-bond acceptors (Lipinski definition) is 6. The third kappa shape index (κ3) is 2.89. The lowest BCUT2D eigenvalue weighted by Gasteiger charge is -2.17. The minimum atomic E-state index is -0.445. The molecule has 2 aromatic rings. The first-order valence-electron chi connectivity index (χ1n) is 7.38. The smallest absolute Gasteiger partial charge is 0.295 e. The molecule has 1 atom stereocenters. The maximum absolute atomic E-state index is 12.2. The van der Waals surface area contributed by atoms with Gasteiger partial charge in [-0.1, -0.05) is 29.5 Å². The maximum Gasteiger partial charge on any atom is 0.295 e. The van der Waals surface area contributed by atoms with E-state index in [2.05, 4.69) is 25.7 Å². The van der Waals surface area contributed by atoms with Crippen LogP contribution in [0.2, 0.25) is 0 Å². The van der Waals surface area contributed by atoms with Crippen molar-refractivity contribution in [1.29, 1.82) is 0 Å². The van der Waals surface area contributed by atoms with E-state index in [1.807, 2.05) is 6.07 Å². The number of amides is 2. The first kappa shape index (κ1) is 14.1. The third-order valence-corrected chi connectivity index (χ3v) is 4.83. The zero-order valence-electron chi connectivity index (χ0n) is 12.1. The number of nitrogens with one attached hydrogen (secondary N) is 1. The molecule has 2 amide bonds. The van der Waals surface area contributed by atoms with E-state index in [0.717, 1.165) is 23.4 Å². The average Bonchev–Trinajstić information content (AvgIpc) is 3.31. The zero-order valence-corrected chi connectivity index (χ0v) is 12.9. The second-order valence-corrected chi connectivity index (χ2v) is 6.60. The second kappa shape index (κ2) is 5.62. The Morgan fingerprint density at radius 1 is 1.26 bits per heavy atom. The van der Waals surface area contributed by atoms with Crippen molar-refractivity contribution in [2.45, 2.75) is 31.2 Å². The highest BCUT2D eigenvalue weighted by Crippen LogP contribution is 2.42. The van der Waals surface area contributed by atoms with Crippen molar-refractivity contribution in [1.82, 2.24) is 10.2 Å². The molecule has 1 unspecified atom stereocenters. The van der Waals surface area contributed by atoms with Gasteiger partial charge in [0, 0.05) is 11.5 Å². The van der Waals surface area contributed by atoms with Gasteiger partial charge in [0.1, 0.15) is 11.0 Å². The summed E-state index contributed by atoms with van der Waals surface area (Å²) in [5.41, 5.74) is 1.24. The normalized spacial score (nSPS) is 19.5. The number of carbonyl (C=O) groups excluding carboxylic acids is 2. The number of hydrogen-bond donors (Lipinski definition) is 1. The van der Waals surface area contributed by atoms with E-state index < -0.39 is 6.04 Å². The first-order valence-corrected chi connectivity index (χ1v) is 8.20. The molecule has 1 fully saturated rings. The molecular weight excluding hydrogens is 314 g/mol. The number of aromatic nitrogens is 2. The van der Waals surface area contributed by atoms with Gasteiger partial charge in [0.2, 0.25) is 11.0 Å². The van der Waals surface area contributed by atoms with Crippen molar-refractivity contribution in [3.05, 3.63) is 40.4 Å². The van der Waals surface area contributed by atoms with Crippen LogP contribution in [0.25, 0.3) is 0 Å². The van der Waals surface area contributed by atoms with Crippen LogP contribution in [0.15, 0.2) is 34.5 Å². The molecule has 23 heavy (non-hydrogen) atoms. The Kier molecular flexibility index (Phi) is 3.45. The molecule has 1 N–H and O–H groups in total. The van der Waals surface area contributed by atoms with Gasteiger partial charge in [0.05, 0.1) is 6.42 Å². The Balaban J connectivity index is 1.45. The van der Waals surface area contributed by atoms with E-state index in [1.54, 1.807) is 18.2 Å². The predicted molar refractivity (Wildman–Crippen MR) is 83.5 cm³/mol. The van der Waals surface area contributed by atoms with Crippen molar-refractivity contribution >= 4 is 28.3 Å². The fraction of sp³-hybridized carbons (Fsp3) is 0.333. The summed E-state index contributed by atoms with van der Waals surface area (Å²) in [4.78, 5) is 23.9. The van der Waals surface area contributed by atoms with Crippen molar-refractivity contribution in [2.24, 2.45) is 10.2 Å². The summed E-state index contributed by atoms with van der Waals surface area (Å²) in [6.07, 6.45) is 2.41. The molecule has 8 heteroatoms. The Hall–Kier alpha value is -2.48. The van der Waals surface area contributed by atoms with Gasteiger partial charge in [0.25, 0.3) is 5.91 Å². The fourth-order valence-electron chi connectivity index (χ4n) is 2.50. The van der Waals surface area contributed by atoms with Crippen LogP contribution in [0.3, 0.4) is 0 Å². The van der Waals surface area contributed by atoms with Gasteiger partial charge in [-0.25, -0.2) is 0 Å². The molecule has 0 saturated heterocycles. The number of carbonyl (C=O) groups is 2. The molecule has 116 valence electrons. The zero-order chi connectivity index (χ0) is 15.8. The van der Waals surface area contributed by atoms with Gasteiger partial charge in [-0.05, 0) is 24.5 Å². The van der Waals surface area contributed by atoms with Crippen LogP contribution in [0.4, 0.5) is 5.13 Å². The summed E-state index contributed by atoms with van der Waals surface area (Å²) in [5, 5.41) is 19.9. The Morgan fingerprint density at radius 2 is 2.09 bits per heavy atom. The lowest BCUT2D eigenvalue weighted by atomic mass is 9.97. The SMILES string of the molecule is O=C(CC1N=NC(=O)c2ccccc21)Nc1nnc(C2CC2)s1. The van der Waals surface area contributed by atoms with Crippen LogP contribution in [0.5, 0.6) is 0 Å². The molecule has 1 aromatic carbocycles. The van der Waals surface area contributed by atoms with Crippen molar-refractivity contribution in [3.63, 3.8) is 0 Å². The number of benzene rings is 1.